The van der Waals surface area contributed by atoms with E-state index in [1.807, 2.05) is 121 Å². The second kappa shape index (κ2) is 16.4. The van der Waals surface area contributed by atoms with E-state index in [0.29, 0.717) is 0 Å². The molecular formula is C56H50N2O4. The van der Waals surface area contributed by atoms with Crippen molar-refractivity contribution >= 4 is 43.1 Å². The number of unbranched alkanes of at least 4 members (excludes halogenated alkanes) is 2. The van der Waals surface area contributed by atoms with Crippen molar-refractivity contribution in [2.24, 2.45) is 0 Å². The summed E-state index contributed by atoms with van der Waals surface area (Å²) in [7, 11) is 0. The molecule has 62 heavy (non-hydrogen) atoms. The zero-order valence-electron chi connectivity index (χ0n) is 35.5. The molecule has 0 unspecified atom stereocenters. The predicted octanol–water partition coefficient (Wildman–Crippen LogP) is 15.1. The van der Waals surface area contributed by atoms with Crippen LogP contribution >= 0.6 is 0 Å². The fraction of sp³-hybridized carbons (Fsp3) is 0.214. The fourth-order valence-electron chi connectivity index (χ4n) is 9.94. The van der Waals surface area contributed by atoms with Crippen molar-refractivity contribution in [2.75, 3.05) is 13.1 Å². The summed E-state index contributed by atoms with van der Waals surface area (Å²) in [6, 6.07) is 50.0. The van der Waals surface area contributed by atoms with Crippen LogP contribution in [0.4, 0.5) is 0 Å². The van der Waals surface area contributed by atoms with E-state index in [4.69, 9.17) is 18.9 Å². The third kappa shape index (κ3) is 6.94. The minimum absolute atomic E-state index is 0.783. The number of ether oxygens (including phenoxy) is 4. The van der Waals surface area contributed by atoms with Gasteiger partial charge in [-0.15, -0.1) is 0 Å². The minimum Gasteiger partial charge on any atom is -0.457 e. The molecule has 0 aromatic heterocycles. The van der Waals surface area contributed by atoms with Crippen molar-refractivity contribution in [3.63, 3.8) is 0 Å². The van der Waals surface area contributed by atoms with Gasteiger partial charge in [0.1, 0.15) is 46.0 Å². The number of para-hydroxylation sites is 4. The highest BCUT2D eigenvalue weighted by atomic mass is 16.5. The van der Waals surface area contributed by atoms with Gasteiger partial charge in [0.2, 0.25) is 0 Å². The summed E-state index contributed by atoms with van der Waals surface area (Å²) in [6.07, 6.45) is 4.53. The van der Waals surface area contributed by atoms with Crippen LogP contribution in [0.5, 0.6) is 46.0 Å². The van der Waals surface area contributed by atoms with E-state index in [9.17, 15) is 0 Å². The molecule has 9 aromatic carbocycles. The Bertz CT molecular complexity index is 2650. The van der Waals surface area contributed by atoms with E-state index in [0.717, 1.165) is 143 Å². The Kier molecular flexibility index (Phi) is 10.1. The number of rotatable bonds is 14. The maximum atomic E-state index is 7.16. The monoisotopic (exact) mass is 814 g/mol. The summed E-state index contributed by atoms with van der Waals surface area (Å²) in [5, 5.41) is 8.80. The molecule has 0 atom stereocenters. The fourth-order valence-corrected chi connectivity index (χ4v) is 9.94. The standard InChI is InChI=1S/C56H50N2O4/c1-3-5-27-57-33-37-29-45(59-41-19-11-7-12-20-41)51-53-47(61-43-23-15-9-16-24-43)31-39-35-58(28-6-4-2)36-40-32-48(62-44-25-17-10-18-26-44)54(56(53)50(39)40)52-46(60-42-21-13-8-14-22-42)30-38(34-57)49(37)55(51)52/h7-26,29-32H,3-6,27-28,33-36H2,1-2H3. The van der Waals surface area contributed by atoms with Crippen LogP contribution < -0.4 is 18.9 Å². The average Bonchev–Trinajstić information content (AvgIpc) is 3.30. The van der Waals surface area contributed by atoms with Crippen LogP contribution in [0, 0.1) is 0 Å². The summed E-state index contributed by atoms with van der Waals surface area (Å²) >= 11 is 0. The van der Waals surface area contributed by atoms with Gasteiger partial charge >= 0.3 is 0 Å². The van der Waals surface area contributed by atoms with E-state index >= 15 is 0 Å². The van der Waals surface area contributed by atoms with Crippen molar-refractivity contribution in [3.8, 4) is 46.0 Å². The highest BCUT2D eigenvalue weighted by molar-refractivity contribution is 6.39. The first-order chi connectivity index (χ1) is 30.6. The lowest BCUT2D eigenvalue weighted by atomic mass is 9.81. The molecule has 0 saturated carbocycles. The number of fused-ring (bicyclic) bond motifs is 2. The maximum absolute atomic E-state index is 7.16. The third-order valence-electron chi connectivity index (χ3n) is 12.6. The zero-order valence-corrected chi connectivity index (χ0v) is 35.5. The molecule has 0 spiro atoms. The lowest BCUT2D eigenvalue weighted by molar-refractivity contribution is 0.248. The largest absolute Gasteiger partial charge is 0.457 e. The van der Waals surface area contributed by atoms with Gasteiger partial charge in [0.05, 0.1) is 0 Å². The van der Waals surface area contributed by atoms with Crippen LogP contribution in [0.15, 0.2) is 146 Å². The summed E-state index contributed by atoms with van der Waals surface area (Å²) in [4.78, 5) is 5.14. The van der Waals surface area contributed by atoms with Gasteiger partial charge in [-0.1, -0.05) is 99.5 Å². The van der Waals surface area contributed by atoms with Crippen molar-refractivity contribution in [1.29, 1.82) is 0 Å². The number of benzene rings is 9. The van der Waals surface area contributed by atoms with Gasteiger partial charge < -0.3 is 18.9 Å². The van der Waals surface area contributed by atoms with Crippen LogP contribution in [-0.2, 0) is 26.2 Å². The Morgan fingerprint density at radius 2 is 0.597 bits per heavy atom. The Morgan fingerprint density at radius 3 is 0.839 bits per heavy atom. The summed E-state index contributed by atoms with van der Waals surface area (Å²) in [5.74, 6) is 6.34. The number of hydrogen-bond donors (Lipinski definition) is 0. The van der Waals surface area contributed by atoms with Gasteiger partial charge in [-0.05, 0) is 132 Å². The molecule has 6 nitrogen and oxygen atoms in total. The number of nitrogens with zero attached hydrogens (tertiary/aromatic N) is 2. The van der Waals surface area contributed by atoms with Gasteiger partial charge in [0.15, 0.2) is 0 Å². The highest BCUT2D eigenvalue weighted by Gasteiger charge is 2.33. The third-order valence-corrected chi connectivity index (χ3v) is 12.6. The van der Waals surface area contributed by atoms with Gasteiger partial charge in [-0.3, -0.25) is 9.80 Å². The smallest absolute Gasteiger partial charge is 0.136 e. The van der Waals surface area contributed by atoms with Crippen LogP contribution in [0.25, 0.3) is 43.1 Å². The highest BCUT2D eigenvalue weighted by Crippen LogP contribution is 2.57. The van der Waals surface area contributed by atoms with Gasteiger partial charge in [-0.2, -0.15) is 0 Å². The Labute approximate surface area is 363 Å². The first-order valence-electron chi connectivity index (χ1n) is 22.3. The topological polar surface area (TPSA) is 43.4 Å². The molecule has 0 fully saturated rings. The second-order valence-corrected chi connectivity index (χ2v) is 16.9. The van der Waals surface area contributed by atoms with Crippen LogP contribution in [0.1, 0.15) is 61.8 Å². The van der Waals surface area contributed by atoms with Gasteiger partial charge in [0.25, 0.3) is 0 Å². The molecule has 0 N–H and O–H groups in total. The molecule has 11 rings (SSSR count). The van der Waals surface area contributed by atoms with E-state index in [1.54, 1.807) is 0 Å². The lowest BCUT2D eigenvalue weighted by Gasteiger charge is -2.34. The number of hydrogen-bond acceptors (Lipinski definition) is 6. The molecule has 9 aromatic rings. The first kappa shape index (κ1) is 38.3. The van der Waals surface area contributed by atoms with E-state index in [2.05, 4.69) is 47.9 Å². The molecule has 2 aliphatic heterocycles. The molecule has 0 amide bonds. The van der Waals surface area contributed by atoms with Crippen molar-refractivity contribution in [1.82, 2.24) is 9.80 Å². The maximum Gasteiger partial charge on any atom is 0.136 e. The molecule has 308 valence electrons. The Morgan fingerprint density at radius 1 is 0.339 bits per heavy atom. The Hall–Kier alpha value is -6.60. The second-order valence-electron chi connectivity index (χ2n) is 16.9. The molecule has 0 bridgehead atoms. The first-order valence-corrected chi connectivity index (χ1v) is 22.3. The quantitative estimate of drug-likeness (QED) is 0.0805. The molecule has 6 heteroatoms. The van der Waals surface area contributed by atoms with E-state index < -0.39 is 0 Å². The van der Waals surface area contributed by atoms with Gasteiger partial charge in [-0.25, -0.2) is 0 Å². The lowest BCUT2D eigenvalue weighted by Crippen LogP contribution is -2.28. The summed E-state index contributed by atoms with van der Waals surface area (Å²) in [5.41, 5.74) is 4.99. The molecule has 0 saturated heterocycles. The van der Waals surface area contributed by atoms with Crippen LogP contribution in [-0.4, -0.2) is 22.9 Å². The van der Waals surface area contributed by atoms with Crippen molar-refractivity contribution in [2.45, 2.75) is 65.7 Å². The van der Waals surface area contributed by atoms with Crippen molar-refractivity contribution < 1.29 is 18.9 Å². The molecule has 0 aliphatic carbocycles. The van der Waals surface area contributed by atoms with E-state index in [-0.39, 0.29) is 0 Å². The van der Waals surface area contributed by atoms with Gasteiger partial charge in [0, 0.05) is 58.5 Å². The molecule has 2 heterocycles. The molecular weight excluding hydrogens is 765 g/mol. The van der Waals surface area contributed by atoms with Crippen molar-refractivity contribution in [3.05, 3.63) is 168 Å². The Balaban J connectivity index is 1.33. The normalized spacial score (nSPS) is 14.0. The molecule has 0 radical (unpaired) electrons. The van der Waals surface area contributed by atoms with E-state index in [1.165, 1.54) is 33.0 Å². The minimum atomic E-state index is 0.783. The SMILES string of the molecule is CCCCN1Cc2cc(Oc3ccccc3)c3c4c(Oc5ccccc5)cc5c6c(cc(Oc7ccccc7)c(c7c(Oc8ccccc8)cc(c2c37)C1)c64)CN(CCCC)C5. The van der Waals surface area contributed by atoms with Crippen LogP contribution in [0.2, 0.25) is 0 Å². The predicted molar refractivity (Wildman–Crippen MR) is 252 cm³/mol. The van der Waals surface area contributed by atoms with Crippen LogP contribution in [0.3, 0.4) is 0 Å². The molecule has 2 aliphatic rings. The summed E-state index contributed by atoms with van der Waals surface area (Å²) < 4.78 is 28.7. The summed E-state index contributed by atoms with van der Waals surface area (Å²) in [6.45, 7) is 9.84. The zero-order chi connectivity index (χ0) is 41.6. The average molecular weight is 815 g/mol.